The monoisotopic (exact) mass is 353 g/mol. The molecule has 1 aliphatic rings. The molecule has 24 heavy (non-hydrogen) atoms. The Morgan fingerprint density at radius 2 is 1.75 bits per heavy atom. The van der Waals surface area contributed by atoms with Gasteiger partial charge in [0.1, 0.15) is 5.75 Å². The predicted molar refractivity (Wildman–Crippen MR) is 98.0 cm³/mol. The molecule has 0 aliphatic carbocycles. The van der Waals surface area contributed by atoms with Crippen LogP contribution in [-0.2, 0) is 10.0 Å². The van der Waals surface area contributed by atoms with Crippen molar-refractivity contribution in [3.63, 3.8) is 0 Å². The number of nitrogens with zero attached hydrogens (tertiary/aromatic N) is 1. The normalized spacial score (nSPS) is 16.2. The minimum atomic E-state index is -3.36. The quantitative estimate of drug-likeness (QED) is 0.613. The topological polar surface area (TPSA) is 46.6 Å². The van der Waals surface area contributed by atoms with Crippen molar-refractivity contribution in [1.29, 1.82) is 0 Å². The minimum Gasteiger partial charge on any atom is -0.493 e. The van der Waals surface area contributed by atoms with E-state index in [4.69, 9.17) is 4.74 Å². The van der Waals surface area contributed by atoms with Gasteiger partial charge in [0.25, 0.3) is 0 Å². The van der Waals surface area contributed by atoms with Gasteiger partial charge in [-0.15, -0.1) is 0 Å². The van der Waals surface area contributed by atoms with Crippen molar-refractivity contribution in [3.8, 4) is 5.75 Å². The van der Waals surface area contributed by atoms with Gasteiger partial charge in [0.2, 0.25) is 10.0 Å². The van der Waals surface area contributed by atoms with Crippen molar-refractivity contribution < 1.29 is 13.2 Å². The van der Waals surface area contributed by atoms with Gasteiger partial charge in [0.05, 0.1) is 11.5 Å². The molecule has 0 amide bonds. The molecule has 4 nitrogen and oxygen atoms in total. The smallest absolute Gasteiger partial charge is 0.243 e. The molecule has 1 aliphatic heterocycles. The van der Waals surface area contributed by atoms with Gasteiger partial charge < -0.3 is 4.74 Å². The van der Waals surface area contributed by atoms with E-state index >= 15 is 0 Å². The molecule has 0 N–H and O–H groups in total. The van der Waals surface area contributed by atoms with E-state index in [1.54, 1.807) is 22.5 Å². The van der Waals surface area contributed by atoms with Crippen LogP contribution in [0.5, 0.6) is 5.75 Å². The molecule has 1 aromatic rings. The SMILES string of the molecule is CCCCCCCOc1ccc(S(=O)(=O)N2CCCCC2)cc1C. The molecule has 0 aromatic heterocycles. The summed E-state index contributed by atoms with van der Waals surface area (Å²) in [5.74, 6) is 0.795. The summed E-state index contributed by atoms with van der Waals surface area (Å²) in [7, 11) is -3.36. The summed E-state index contributed by atoms with van der Waals surface area (Å²) in [6.45, 7) is 6.10. The molecule has 1 fully saturated rings. The highest BCUT2D eigenvalue weighted by molar-refractivity contribution is 7.89. The predicted octanol–water partition coefficient (Wildman–Crippen LogP) is 4.52. The Morgan fingerprint density at radius 3 is 2.42 bits per heavy atom. The van der Waals surface area contributed by atoms with Gasteiger partial charge in [-0.05, 0) is 49.9 Å². The van der Waals surface area contributed by atoms with E-state index in [2.05, 4.69) is 6.92 Å². The Balaban J connectivity index is 1.93. The highest BCUT2D eigenvalue weighted by atomic mass is 32.2. The largest absolute Gasteiger partial charge is 0.493 e. The lowest BCUT2D eigenvalue weighted by Crippen LogP contribution is -2.35. The molecule has 0 spiro atoms. The molecule has 5 heteroatoms. The van der Waals surface area contributed by atoms with Crippen LogP contribution in [0.1, 0.15) is 63.9 Å². The van der Waals surface area contributed by atoms with Crippen LogP contribution in [0.4, 0.5) is 0 Å². The van der Waals surface area contributed by atoms with Crippen molar-refractivity contribution in [2.24, 2.45) is 0 Å². The minimum absolute atomic E-state index is 0.386. The molecule has 1 aromatic carbocycles. The van der Waals surface area contributed by atoms with Crippen LogP contribution >= 0.6 is 0 Å². The van der Waals surface area contributed by atoms with Gasteiger partial charge in [0, 0.05) is 13.1 Å². The first-order valence-corrected chi connectivity index (χ1v) is 10.7. The van der Waals surface area contributed by atoms with E-state index < -0.39 is 10.0 Å². The number of benzene rings is 1. The first-order chi connectivity index (χ1) is 11.6. The molecule has 0 unspecified atom stereocenters. The fraction of sp³-hybridized carbons (Fsp3) is 0.684. The summed E-state index contributed by atoms with van der Waals surface area (Å²) in [5, 5.41) is 0. The lowest BCUT2D eigenvalue weighted by Gasteiger charge is -2.26. The number of ether oxygens (including phenoxy) is 1. The number of hydrogen-bond donors (Lipinski definition) is 0. The molecule has 0 saturated carbocycles. The van der Waals surface area contributed by atoms with Crippen LogP contribution in [0.15, 0.2) is 23.1 Å². The zero-order chi connectivity index (χ0) is 17.4. The van der Waals surface area contributed by atoms with Gasteiger partial charge in [-0.3, -0.25) is 0 Å². The van der Waals surface area contributed by atoms with Gasteiger partial charge in [-0.25, -0.2) is 8.42 Å². The number of piperidine rings is 1. The maximum Gasteiger partial charge on any atom is 0.243 e. The maximum atomic E-state index is 12.7. The van der Waals surface area contributed by atoms with E-state index in [1.165, 1.54) is 25.7 Å². The molecule has 1 saturated heterocycles. The number of sulfonamides is 1. The number of hydrogen-bond acceptors (Lipinski definition) is 3. The summed E-state index contributed by atoms with van der Waals surface area (Å²) in [6.07, 6.45) is 9.05. The molecule has 0 bridgehead atoms. The number of aryl methyl sites for hydroxylation is 1. The second kappa shape index (κ2) is 9.42. The standard InChI is InChI=1S/C19H31NO3S/c1-3-4-5-6-10-15-23-19-12-11-18(16-17(19)2)24(21,22)20-13-8-7-9-14-20/h11-12,16H,3-10,13-15H2,1-2H3. The van der Waals surface area contributed by atoms with Gasteiger partial charge in [0.15, 0.2) is 0 Å². The molecule has 0 radical (unpaired) electrons. The highest BCUT2D eigenvalue weighted by Crippen LogP contribution is 2.26. The molecular weight excluding hydrogens is 322 g/mol. The Kier molecular flexibility index (Phi) is 7.56. The summed E-state index contributed by atoms with van der Waals surface area (Å²) in [6, 6.07) is 5.23. The molecular formula is C19H31NO3S. The van der Waals surface area contributed by atoms with Gasteiger partial charge in [-0.2, -0.15) is 4.31 Å². The van der Waals surface area contributed by atoms with Crippen LogP contribution in [0, 0.1) is 6.92 Å². The van der Waals surface area contributed by atoms with Crippen molar-refractivity contribution >= 4 is 10.0 Å². The third-order valence-electron chi connectivity index (χ3n) is 4.60. The second-order valence-corrected chi connectivity index (χ2v) is 8.59. The van der Waals surface area contributed by atoms with E-state index in [-0.39, 0.29) is 0 Å². The van der Waals surface area contributed by atoms with Crippen LogP contribution in [-0.4, -0.2) is 32.4 Å². The third kappa shape index (κ3) is 5.21. The molecule has 136 valence electrons. The van der Waals surface area contributed by atoms with Crippen LogP contribution < -0.4 is 4.74 Å². The van der Waals surface area contributed by atoms with Crippen molar-refractivity contribution in [2.45, 2.75) is 70.1 Å². The Morgan fingerprint density at radius 1 is 1.04 bits per heavy atom. The number of unbranched alkanes of at least 4 members (excludes halogenated alkanes) is 4. The van der Waals surface area contributed by atoms with E-state index in [1.807, 2.05) is 6.92 Å². The summed E-state index contributed by atoms with van der Waals surface area (Å²) in [5.41, 5.74) is 0.890. The third-order valence-corrected chi connectivity index (χ3v) is 6.50. The fourth-order valence-electron chi connectivity index (χ4n) is 3.09. The summed E-state index contributed by atoms with van der Waals surface area (Å²) >= 11 is 0. The maximum absolute atomic E-state index is 12.7. The van der Waals surface area contributed by atoms with Gasteiger partial charge >= 0.3 is 0 Å². The van der Waals surface area contributed by atoms with E-state index in [0.717, 1.165) is 37.0 Å². The zero-order valence-electron chi connectivity index (χ0n) is 15.1. The Bertz CT molecular complexity index is 607. The first-order valence-electron chi connectivity index (χ1n) is 9.29. The number of rotatable bonds is 9. The highest BCUT2D eigenvalue weighted by Gasteiger charge is 2.26. The second-order valence-electron chi connectivity index (χ2n) is 6.65. The lowest BCUT2D eigenvalue weighted by molar-refractivity contribution is 0.302. The van der Waals surface area contributed by atoms with E-state index in [9.17, 15) is 8.42 Å². The summed E-state index contributed by atoms with van der Waals surface area (Å²) in [4.78, 5) is 0.386. The Hall–Kier alpha value is -1.07. The fourth-order valence-corrected chi connectivity index (χ4v) is 4.69. The average molecular weight is 354 g/mol. The lowest BCUT2D eigenvalue weighted by atomic mass is 10.2. The average Bonchev–Trinajstić information content (AvgIpc) is 2.60. The van der Waals surface area contributed by atoms with Crippen LogP contribution in [0.25, 0.3) is 0 Å². The Labute approximate surface area is 147 Å². The first kappa shape index (κ1) is 19.3. The molecule has 1 heterocycles. The van der Waals surface area contributed by atoms with Gasteiger partial charge in [-0.1, -0.05) is 39.0 Å². The van der Waals surface area contributed by atoms with Crippen LogP contribution in [0.2, 0.25) is 0 Å². The van der Waals surface area contributed by atoms with Crippen LogP contribution in [0.3, 0.4) is 0 Å². The van der Waals surface area contributed by atoms with E-state index in [0.29, 0.717) is 24.6 Å². The zero-order valence-corrected chi connectivity index (χ0v) is 15.9. The molecule has 0 atom stereocenters. The van der Waals surface area contributed by atoms with Crippen molar-refractivity contribution in [3.05, 3.63) is 23.8 Å². The summed E-state index contributed by atoms with van der Waals surface area (Å²) < 4.78 is 32.8. The molecule has 2 rings (SSSR count). The van der Waals surface area contributed by atoms with Crippen molar-refractivity contribution in [1.82, 2.24) is 4.31 Å². The van der Waals surface area contributed by atoms with Crippen molar-refractivity contribution in [2.75, 3.05) is 19.7 Å².